The highest BCUT2D eigenvalue weighted by Gasteiger charge is 2.24. The van der Waals surface area contributed by atoms with Gasteiger partial charge < -0.3 is 14.6 Å². The average Bonchev–Trinajstić information content (AvgIpc) is 2.40. The fourth-order valence-electron chi connectivity index (χ4n) is 2.36. The first-order chi connectivity index (χ1) is 9.65. The Morgan fingerprint density at radius 1 is 1.55 bits per heavy atom. The average molecular weight is 279 g/mol. The van der Waals surface area contributed by atoms with Gasteiger partial charge in [0.2, 0.25) is 0 Å². The topological polar surface area (TPSA) is 59.0 Å². The normalized spacial score (nSPS) is 19.8. The van der Waals surface area contributed by atoms with Gasteiger partial charge in [-0.15, -0.1) is 0 Å². The number of rotatable bonds is 6. The number of carbonyl (C=O) groups is 1. The van der Waals surface area contributed by atoms with E-state index in [9.17, 15) is 4.79 Å². The standard InChI is InChI=1S/C15H21NO4/c1-12-3-2-4-14(9-12)20-8-6-16-5-7-19-11-13(16)10-15(17)18/h2-4,9,13H,5-8,10-11H2,1H3,(H,17,18). The number of benzene rings is 1. The third-order valence-electron chi connectivity index (χ3n) is 3.40. The van der Waals surface area contributed by atoms with Crippen molar-refractivity contribution in [2.75, 3.05) is 32.9 Å². The SMILES string of the molecule is Cc1cccc(OCCN2CCOCC2CC(=O)O)c1. The molecule has 1 aromatic carbocycles. The second-order valence-corrected chi connectivity index (χ2v) is 5.03. The molecule has 1 heterocycles. The lowest BCUT2D eigenvalue weighted by molar-refractivity contribution is -0.140. The summed E-state index contributed by atoms with van der Waals surface area (Å²) in [5, 5.41) is 8.90. The van der Waals surface area contributed by atoms with E-state index >= 15 is 0 Å². The van der Waals surface area contributed by atoms with E-state index in [2.05, 4.69) is 4.90 Å². The molecule has 5 nitrogen and oxygen atoms in total. The van der Waals surface area contributed by atoms with Crippen LogP contribution in [0.3, 0.4) is 0 Å². The zero-order chi connectivity index (χ0) is 14.4. The maximum Gasteiger partial charge on any atom is 0.305 e. The van der Waals surface area contributed by atoms with E-state index in [1.54, 1.807) is 0 Å². The Kier molecular flexibility index (Phi) is 5.38. The molecule has 0 saturated carbocycles. The number of nitrogens with zero attached hydrogens (tertiary/aromatic N) is 1. The van der Waals surface area contributed by atoms with Crippen molar-refractivity contribution in [1.29, 1.82) is 0 Å². The Bertz CT molecular complexity index is 449. The van der Waals surface area contributed by atoms with Crippen LogP contribution in [0.1, 0.15) is 12.0 Å². The molecule has 1 N–H and O–H groups in total. The van der Waals surface area contributed by atoms with Crippen LogP contribution in [0, 0.1) is 6.92 Å². The molecule has 0 radical (unpaired) electrons. The molecule has 2 rings (SSSR count). The van der Waals surface area contributed by atoms with Crippen molar-refractivity contribution in [3.8, 4) is 5.75 Å². The quantitative estimate of drug-likeness (QED) is 0.856. The number of hydrogen-bond acceptors (Lipinski definition) is 4. The second-order valence-electron chi connectivity index (χ2n) is 5.03. The zero-order valence-electron chi connectivity index (χ0n) is 11.7. The van der Waals surface area contributed by atoms with Gasteiger partial charge in [-0.25, -0.2) is 0 Å². The molecule has 1 aromatic rings. The summed E-state index contributed by atoms with van der Waals surface area (Å²) < 4.78 is 11.1. The molecule has 0 aliphatic carbocycles. The fraction of sp³-hybridized carbons (Fsp3) is 0.533. The van der Waals surface area contributed by atoms with Crippen molar-refractivity contribution in [2.24, 2.45) is 0 Å². The Hall–Kier alpha value is -1.59. The van der Waals surface area contributed by atoms with E-state index in [-0.39, 0.29) is 12.5 Å². The van der Waals surface area contributed by atoms with Crippen molar-refractivity contribution < 1.29 is 19.4 Å². The van der Waals surface area contributed by atoms with Crippen LogP contribution in [0.5, 0.6) is 5.75 Å². The number of aryl methyl sites for hydroxylation is 1. The van der Waals surface area contributed by atoms with E-state index in [1.807, 2.05) is 31.2 Å². The number of carboxylic acids is 1. The monoisotopic (exact) mass is 279 g/mol. The first-order valence-electron chi connectivity index (χ1n) is 6.88. The first kappa shape index (κ1) is 14.8. The number of morpholine rings is 1. The van der Waals surface area contributed by atoms with Gasteiger partial charge in [-0.3, -0.25) is 9.69 Å². The molecule has 1 saturated heterocycles. The second kappa shape index (κ2) is 7.26. The molecule has 5 heteroatoms. The molecular weight excluding hydrogens is 258 g/mol. The number of ether oxygens (including phenoxy) is 2. The van der Waals surface area contributed by atoms with Crippen LogP contribution in [0.4, 0.5) is 0 Å². The minimum absolute atomic E-state index is 0.0534. The maximum absolute atomic E-state index is 10.8. The summed E-state index contributed by atoms with van der Waals surface area (Å²) in [5.74, 6) is 0.0677. The van der Waals surface area contributed by atoms with Crippen LogP contribution < -0.4 is 4.74 Å². The molecule has 0 spiro atoms. The Balaban J connectivity index is 1.80. The van der Waals surface area contributed by atoms with Crippen LogP contribution in [0.15, 0.2) is 24.3 Å². The molecule has 20 heavy (non-hydrogen) atoms. The molecular formula is C15H21NO4. The fourth-order valence-corrected chi connectivity index (χ4v) is 2.36. The maximum atomic E-state index is 10.8. The third-order valence-corrected chi connectivity index (χ3v) is 3.40. The molecule has 1 unspecified atom stereocenters. The predicted molar refractivity (Wildman–Crippen MR) is 75.1 cm³/mol. The largest absolute Gasteiger partial charge is 0.492 e. The van der Waals surface area contributed by atoms with E-state index in [4.69, 9.17) is 14.6 Å². The predicted octanol–water partition coefficient (Wildman–Crippen LogP) is 1.55. The van der Waals surface area contributed by atoms with Crippen LogP contribution >= 0.6 is 0 Å². The summed E-state index contributed by atoms with van der Waals surface area (Å²) in [6.07, 6.45) is 0.116. The van der Waals surface area contributed by atoms with Crippen molar-refractivity contribution in [1.82, 2.24) is 4.90 Å². The van der Waals surface area contributed by atoms with Gasteiger partial charge in [-0.2, -0.15) is 0 Å². The molecule has 110 valence electrons. The highest BCUT2D eigenvalue weighted by Crippen LogP contribution is 2.14. The van der Waals surface area contributed by atoms with Gasteiger partial charge in [0.15, 0.2) is 0 Å². The Labute approximate surface area is 119 Å². The number of carboxylic acid groups (broad SMARTS) is 1. The van der Waals surface area contributed by atoms with Gasteiger partial charge in [0.25, 0.3) is 0 Å². The van der Waals surface area contributed by atoms with E-state index in [1.165, 1.54) is 0 Å². The van der Waals surface area contributed by atoms with Crippen LogP contribution in [-0.2, 0) is 9.53 Å². The van der Waals surface area contributed by atoms with Crippen molar-refractivity contribution >= 4 is 5.97 Å². The summed E-state index contributed by atoms with van der Waals surface area (Å²) in [4.78, 5) is 13.0. The Morgan fingerprint density at radius 3 is 3.15 bits per heavy atom. The van der Waals surface area contributed by atoms with E-state index in [0.29, 0.717) is 19.8 Å². The molecule has 0 bridgehead atoms. The van der Waals surface area contributed by atoms with E-state index in [0.717, 1.165) is 24.4 Å². The van der Waals surface area contributed by atoms with Gasteiger partial charge >= 0.3 is 5.97 Å². The Morgan fingerprint density at radius 2 is 2.40 bits per heavy atom. The van der Waals surface area contributed by atoms with Crippen molar-refractivity contribution in [2.45, 2.75) is 19.4 Å². The first-order valence-corrected chi connectivity index (χ1v) is 6.88. The van der Waals surface area contributed by atoms with Crippen LogP contribution in [-0.4, -0.2) is 54.9 Å². The summed E-state index contributed by atoms with van der Waals surface area (Å²) in [5.41, 5.74) is 1.16. The summed E-state index contributed by atoms with van der Waals surface area (Å²) in [6.45, 7) is 5.19. The highest BCUT2D eigenvalue weighted by molar-refractivity contribution is 5.67. The van der Waals surface area contributed by atoms with Crippen LogP contribution in [0.2, 0.25) is 0 Å². The van der Waals surface area contributed by atoms with Crippen molar-refractivity contribution in [3.05, 3.63) is 29.8 Å². The number of aliphatic carboxylic acids is 1. The minimum Gasteiger partial charge on any atom is -0.492 e. The third kappa shape index (κ3) is 4.51. The molecule has 1 aliphatic heterocycles. The van der Waals surface area contributed by atoms with E-state index < -0.39 is 5.97 Å². The lowest BCUT2D eigenvalue weighted by Gasteiger charge is -2.34. The van der Waals surface area contributed by atoms with Crippen LogP contribution in [0.25, 0.3) is 0 Å². The van der Waals surface area contributed by atoms with Gasteiger partial charge in [0.1, 0.15) is 12.4 Å². The summed E-state index contributed by atoms with van der Waals surface area (Å²) in [7, 11) is 0. The summed E-state index contributed by atoms with van der Waals surface area (Å²) in [6, 6.07) is 7.86. The number of hydrogen-bond donors (Lipinski definition) is 1. The van der Waals surface area contributed by atoms with Crippen molar-refractivity contribution in [3.63, 3.8) is 0 Å². The minimum atomic E-state index is -0.787. The molecule has 1 fully saturated rings. The van der Waals surface area contributed by atoms with Gasteiger partial charge in [0, 0.05) is 19.1 Å². The zero-order valence-corrected chi connectivity index (χ0v) is 11.7. The summed E-state index contributed by atoms with van der Waals surface area (Å²) >= 11 is 0. The van der Waals surface area contributed by atoms with Gasteiger partial charge in [-0.1, -0.05) is 12.1 Å². The molecule has 1 atom stereocenters. The highest BCUT2D eigenvalue weighted by atomic mass is 16.5. The molecule has 0 amide bonds. The lowest BCUT2D eigenvalue weighted by atomic mass is 10.1. The lowest BCUT2D eigenvalue weighted by Crippen LogP contribution is -2.47. The molecule has 0 aromatic heterocycles. The van der Waals surface area contributed by atoms with Gasteiger partial charge in [0.05, 0.1) is 19.6 Å². The smallest absolute Gasteiger partial charge is 0.305 e. The molecule has 1 aliphatic rings. The van der Waals surface area contributed by atoms with Gasteiger partial charge in [-0.05, 0) is 24.6 Å².